The second-order valence-electron chi connectivity index (χ2n) is 12.6. The number of aromatic amines is 1. The Labute approximate surface area is 298 Å². The van der Waals surface area contributed by atoms with Crippen LogP contribution in [0.3, 0.4) is 0 Å². The van der Waals surface area contributed by atoms with Gasteiger partial charge in [-0.25, -0.2) is 14.6 Å². The lowest BCUT2D eigenvalue weighted by atomic mass is 9.85. The molecule has 3 N–H and O–H groups in total. The standard InChI is InChI=1S/C37H31FN6O9/c1-2-37(24-14-28-31-22(13-21-10-6-7-11-26(21)41-31)16-44(28)34(49)23(24)19-52-35(37)50)53-30(46)15-39-33(48)27(12-20-8-4-3-5-9-20)40-29(45)18-43-17-25(38)32(47)42-36(43)51/h3-11,13-14,17,27H,2,12,15-16,18-19H2,1H3,(H,39,48)(H,40,45)(H,42,47,51)/t27-,37-/m0/s1. The Bertz CT molecular complexity index is 2510. The van der Waals surface area contributed by atoms with Crippen LogP contribution in [0.2, 0.25) is 0 Å². The van der Waals surface area contributed by atoms with Gasteiger partial charge in [-0.3, -0.25) is 33.5 Å². The van der Waals surface area contributed by atoms with Crippen LogP contribution < -0.4 is 27.4 Å². The van der Waals surface area contributed by atoms with Crippen LogP contribution in [-0.4, -0.2) is 55.4 Å². The molecule has 2 aliphatic heterocycles. The first-order valence-electron chi connectivity index (χ1n) is 16.6. The van der Waals surface area contributed by atoms with Crippen LogP contribution >= 0.6 is 0 Å². The zero-order valence-electron chi connectivity index (χ0n) is 28.1. The first-order valence-corrected chi connectivity index (χ1v) is 16.6. The Morgan fingerprint density at radius 2 is 1.81 bits per heavy atom. The van der Waals surface area contributed by atoms with Crippen molar-refractivity contribution in [2.45, 2.75) is 51.1 Å². The fourth-order valence-corrected chi connectivity index (χ4v) is 6.65. The summed E-state index contributed by atoms with van der Waals surface area (Å²) in [5, 5.41) is 5.80. The molecule has 5 heterocycles. The van der Waals surface area contributed by atoms with Gasteiger partial charge in [0, 0.05) is 22.9 Å². The molecule has 53 heavy (non-hydrogen) atoms. The van der Waals surface area contributed by atoms with Crippen LogP contribution in [0.5, 0.6) is 0 Å². The average Bonchev–Trinajstić information content (AvgIpc) is 3.51. The smallest absolute Gasteiger partial charge is 0.355 e. The Balaban J connectivity index is 1.11. The van der Waals surface area contributed by atoms with Crippen molar-refractivity contribution < 1.29 is 33.0 Å². The molecule has 270 valence electrons. The topological polar surface area (TPSA) is 201 Å². The normalized spacial score (nSPS) is 16.2. The molecule has 3 aromatic heterocycles. The number of nitrogens with zero attached hydrogens (tertiary/aromatic N) is 3. The van der Waals surface area contributed by atoms with Crippen LogP contribution in [0.15, 0.2) is 87.3 Å². The zero-order valence-corrected chi connectivity index (χ0v) is 28.1. The molecule has 2 aliphatic rings. The number of cyclic esters (lactones) is 1. The molecule has 2 atom stereocenters. The fourth-order valence-electron chi connectivity index (χ4n) is 6.65. The number of fused-ring (bicyclic) bond motifs is 5. The maximum atomic E-state index is 13.8. The molecule has 2 aromatic carbocycles. The number of aromatic nitrogens is 4. The molecule has 0 bridgehead atoms. The van der Waals surface area contributed by atoms with Gasteiger partial charge in [0.1, 0.15) is 25.7 Å². The van der Waals surface area contributed by atoms with Gasteiger partial charge in [-0.05, 0) is 30.2 Å². The molecule has 0 radical (unpaired) electrons. The number of halogens is 1. The third-order valence-electron chi connectivity index (χ3n) is 9.30. The highest BCUT2D eigenvalue weighted by molar-refractivity contribution is 5.92. The molecule has 16 heteroatoms. The van der Waals surface area contributed by atoms with E-state index in [2.05, 4.69) is 10.6 Å². The third-order valence-corrected chi connectivity index (χ3v) is 9.30. The summed E-state index contributed by atoms with van der Waals surface area (Å²) >= 11 is 0. The van der Waals surface area contributed by atoms with Crippen molar-refractivity contribution in [2.75, 3.05) is 6.54 Å². The molecule has 0 aliphatic carbocycles. The number of esters is 2. The minimum absolute atomic E-state index is 0.0409. The number of hydrogen-bond acceptors (Lipinski definition) is 10. The van der Waals surface area contributed by atoms with Crippen LogP contribution in [0.25, 0.3) is 22.3 Å². The van der Waals surface area contributed by atoms with E-state index in [0.29, 0.717) is 33.2 Å². The highest BCUT2D eigenvalue weighted by Gasteiger charge is 2.50. The van der Waals surface area contributed by atoms with Gasteiger partial charge in [0.25, 0.3) is 11.1 Å². The van der Waals surface area contributed by atoms with E-state index >= 15 is 0 Å². The van der Waals surface area contributed by atoms with Gasteiger partial charge in [-0.1, -0.05) is 55.5 Å². The van der Waals surface area contributed by atoms with Gasteiger partial charge in [0.05, 0.1) is 35.2 Å². The summed E-state index contributed by atoms with van der Waals surface area (Å²) in [6.07, 6.45) is 0.429. The maximum absolute atomic E-state index is 13.8. The molecular weight excluding hydrogens is 691 g/mol. The van der Waals surface area contributed by atoms with Gasteiger partial charge in [0.2, 0.25) is 23.2 Å². The molecule has 0 fully saturated rings. The minimum atomic E-state index is -2.01. The van der Waals surface area contributed by atoms with Crippen molar-refractivity contribution in [2.24, 2.45) is 0 Å². The van der Waals surface area contributed by atoms with Gasteiger partial charge >= 0.3 is 17.6 Å². The van der Waals surface area contributed by atoms with E-state index < -0.39 is 71.1 Å². The van der Waals surface area contributed by atoms with Crippen LogP contribution in [-0.2, 0) is 60.4 Å². The van der Waals surface area contributed by atoms with E-state index in [1.54, 1.807) is 52.9 Å². The molecule has 15 nitrogen and oxygen atoms in total. The monoisotopic (exact) mass is 722 g/mol. The largest absolute Gasteiger partial charge is 0.457 e. The lowest BCUT2D eigenvalue weighted by Gasteiger charge is -2.35. The predicted molar refractivity (Wildman–Crippen MR) is 185 cm³/mol. The SMILES string of the molecule is CC[C@@]1(OC(=O)CNC(=O)[C@H](Cc2ccccc2)NC(=O)Cn2cc(F)c(=O)[nH]c2=O)C(=O)OCc2c1cc1n(c2=O)Cc2cc3ccccc3nc2-1. The lowest BCUT2D eigenvalue weighted by molar-refractivity contribution is -0.189. The third kappa shape index (κ3) is 6.50. The summed E-state index contributed by atoms with van der Waals surface area (Å²) in [6, 6.07) is 18.4. The van der Waals surface area contributed by atoms with Gasteiger partial charge in [0.15, 0.2) is 0 Å². The highest BCUT2D eigenvalue weighted by Crippen LogP contribution is 2.41. The van der Waals surface area contributed by atoms with Gasteiger partial charge < -0.3 is 24.7 Å². The van der Waals surface area contributed by atoms with E-state index in [4.69, 9.17) is 14.5 Å². The Morgan fingerprint density at radius 3 is 2.58 bits per heavy atom. The molecule has 0 saturated heterocycles. The summed E-state index contributed by atoms with van der Waals surface area (Å²) in [5.74, 6) is -4.89. The highest BCUT2D eigenvalue weighted by atomic mass is 19.1. The predicted octanol–water partition coefficient (Wildman–Crippen LogP) is 1.16. The van der Waals surface area contributed by atoms with Crippen LogP contribution in [0, 0.1) is 5.82 Å². The Morgan fingerprint density at radius 1 is 1.06 bits per heavy atom. The van der Waals surface area contributed by atoms with E-state index in [9.17, 15) is 38.0 Å². The molecule has 5 aromatic rings. The number of pyridine rings is 2. The number of carbonyl (C=O) groups is 4. The maximum Gasteiger partial charge on any atom is 0.355 e. The van der Waals surface area contributed by atoms with Crippen molar-refractivity contribution in [1.82, 2.24) is 29.7 Å². The molecule has 7 rings (SSSR count). The number of H-pyrrole nitrogens is 1. The first-order chi connectivity index (χ1) is 25.5. The van der Waals surface area contributed by atoms with Crippen molar-refractivity contribution >= 4 is 34.7 Å². The number of carbonyl (C=O) groups excluding carboxylic acids is 4. The fraction of sp³-hybridized carbons (Fsp3) is 0.243. The number of rotatable bonds is 10. The molecule has 2 amide bonds. The lowest BCUT2D eigenvalue weighted by Crippen LogP contribution is -2.52. The summed E-state index contributed by atoms with van der Waals surface area (Å²) in [5.41, 5.74) is -1.21. The Hall–Kier alpha value is -6.71. The molecule has 0 saturated carbocycles. The molecule has 0 unspecified atom stereocenters. The number of benzene rings is 2. The Kier molecular flexibility index (Phi) is 9.03. The second kappa shape index (κ2) is 13.8. The number of nitrogens with one attached hydrogen (secondary N) is 3. The summed E-state index contributed by atoms with van der Waals surface area (Å²) in [7, 11) is 0. The van der Waals surface area contributed by atoms with Crippen molar-refractivity contribution in [3.05, 3.63) is 132 Å². The number of para-hydroxylation sites is 1. The van der Waals surface area contributed by atoms with Crippen molar-refractivity contribution in [3.63, 3.8) is 0 Å². The quantitative estimate of drug-likeness (QED) is 0.172. The average molecular weight is 723 g/mol. The van der Waals surface area contributed by atoms with Gasteiger partial charge in [-0.2, -0.15) is 4.39 Å². The summed E-state index contributed by atoms with van der Waals surface area (Å²) in [4.78, 5) is 97.0. The van der Waals surface area contributed by atoms with E-state index in [0.717, 1.165) is 10.9 Å². The van der Waals surface area contributed by atoms with Crippen molar-refractivity contribution in [1.29, 1.82) is 0 Å². The number of ether oxygens (including phenoxy) is 2. The summed E-state index contributed by atoms with van der Waals surface area (Å²) < 4.78 is 27.1. The summed E-state index contributed by atoms with van der Waals surface area (Å²) in [6.45, 7) is 0.0566. The minimum Gasteiger partial charge on any atom is -0.457 e. The van der Waals surface area contributed by atoms with Crippen molar-refractivity contribution in [3.8, 4) is 11.4 Å². The van der Waals surface area contributed by atoms with E-state index in [1.165, 1.54) is 0 Å². The first kappa shape index (κ1) is 34.7. The molecular formula is C37H31FN6O9. The number of amides is 2. The zero-order chi connectivity index (χ0) is 37.4. The van der Waals surface area contributed by atoms with Crippen LogP contribution in [0.1, 0.15) is 35.6 Å². The van der Waals surface area contributed by atoms with E-state index in [-0.39, 0.29) is 37.1 Å². The molecule has 0 spiro atoms. The van der Waals surface area contributed by atoms with Crippen LogP contribution in [0.4, 0.5) is 4.39 Å². The van der Waals surface area contributed by atoms with E-state index in [1.807, 2.05) is 30.3 Å². The second-order valence-corrected chi connectivity index (χ2v) is 12.6. The van der Waals surface area contributed by atoms with Gasteiger partial charge in [-0.15, -0.1) is 0 Å². The number of hydrogen-bond donors (Lipinski definition) is 3.